The Bertz CT molecular complexity index is 810. The van der Waals surface area contributed by atoms with Crippen molar-refractivity contribution in [3.8, 4) is 0 Å². The third kappa shape index (κ3) is 2.82. The van der Waals surface area contributed by atoms with Crippen LogP contribution >= 0.6 is 0 Å². The number of carboxylic acid groups (broad SMARTS) is 1. The summed E-state index contributed by atoms with van der Waals surface area (Å²) in [6, 6.07) is 5.74. The number of benzene rings is 1. The number of carboxylic acids is 1. The highest BCUT2D eigenvalue weighted by molar-refractivity contribution is 5.98. The summed E-state index contributed by atoms with van der Waals surface area (Å²) in [7, 11) is 1.44. The first-order valence-corrected chi connectivity index (χ1v) is 7.52. The molecule has 0 bridgehead atoms. The van der Waals surface area contributed by atoms with E-state index in [0.717, 1.165) is 0 Å². The van der Waals surface area contributed by atoms with E-state index in [-0.39, 0.29) is 19.1 Å². The minimum Gasteiger partial charge on any atom is -0.481 e. The Labute approximate surface area is 137 Å². The van der Waals surface area contributed by atoms with Gasteiger partial charge >= 0.3 is 5.97 Å². The summed E-state index contributed by atoms with van der Waals surface area (Å²) < 4.78 is 18.4. The Balaban J connectivity index is 1.86. The lowest BCUT2D eigenvalue weighted by Gasteiger charge is -2.23. The molecule has 1 N–H and O–H groups in total. The monoisotopic (exact) mass is 332 g/mol. The van der Waals surface area contributed by atoms with Gasteiger partial charge in [-0.15, -0.1) is 0 Å². The van der Waals surface area contributed by atoms with Gasteiger partial charge in [0, 0.05) is 31.8 Å². The number of likely N-dealkylation sites (tertiary alicyclic amines) is 1. The molecule has 0 saturated carbocycles. The number of halogens is 1. The topological polar surface area (TPSA) is 79.7 Å². The van der Waals surface area contributed by atoms with Crippen molar-refractivity contribution in [1.29, 1.82) is 0 Å². The molecule has 0 radical (unpaired) electrons. The van der Waals surface area contributed by atoms with Gasteiger partial charge in [0.2, 0.25) is 0 Å². The largest absolute Gasteiger partial charge is 0.481 e. The molecule has 24 heavy (non-hydrogen) atoms. The van der Waals surface area contributed by atoms with Gasteiger partial charge in [-0.25, -0.2) is 4.39 Å². The molecule has 1 aromatic carbocycles. The fourth-order valence-corrected chi connectivity index (χ4v) is 3.08. The number of carbonyl (C=O) groups is 2. The molecule has 1 unspecified atom stereocenters. The highest BCUT2D eigenvalue weighted by atomic mass is 19.1. The van der Waals surface area contributed by atoms with E-state index < -0.39 is 17.2 Å². The molecule has 3 rings (SSSR count). The summed E-state index contributed by atoms with van der Waals surface area (Å²) in [5.74, 6) is -1.69. The van der Waals surface area contributed by atoms with Crippen molar-refractivity contribution in [2.24, 2.45) is 5.41 Å². The zero-order valence-electron chi connectivity index (χ0n) is 13.2. The van der Waals surface area contributed by atoms with Gasteiger partial charge in [-0.05, 0) is 30.7 Å². The lowest BCUT2D eigenvalue weighted by molar-refractivity contribution is -0.151. The first kappa shape index (κ1) is 16.3. The van der Waals surface area contributed by atoms with E-state index in [9.17, 15) is 19.1 Å². The molecule has 6 nitrogen and oxygen atoms in total. The molecule has 126 valence electrons. The second-order valence-corrected chi connectivity index (χ2v) is 6.06. The second kappa shape index (κ2) is 6.16. The number of aromatic nitrogens is 1. The fraction of sp³-hybridized carbons (Fsp3) is 0.353. The van der Waals surface area contributed by atoms with Crippen LogP contribution in [0, 0.1) is 11.2 Å². The predicted molar refractivity (Wildman–Crippen MR) is 84.2 cm³/mol. The molecule has 0 spiro atoms. The van der Waals surface area contributed by atoms with Crippen LogP contribution < -0.4 is 0 Å². The van der Waals surface area contributed by atoms with Crippen LogP contribution in [0.2, 0.25) is 0 Å². The molecule has 2 heterocycles. The fourth-order valence-electron chi connectivity index (χ4n) is 3.08. The van der Waals surface area contributed by atoms with Crippen molar-refractivity contribution in [2.75, 3.05) is 26.8 Å². The summed E-state index contributed by atoms with van der Waals surface area (Å²) in [4.78, 5) is 29.9. The molecule has 7 heteroatoms. The average molecular weight is 332 g/mol. The highest BCUT2D eigenvalue weighted by Gasteiger charge is 2.46. The Morgan fingerprint density at radius 3 is 2.92 bits per heavy atom. The summed E-state index contributed by atoms with van der Waals surface area (Å²) in [5, 5.41) is 9.99. The van der Waals surface area contributed by atoms with Gasteiger partial charge in [-0.2, -0.15) is 0 Å². The quantitative estimate of drug-likeness (QED) is 0.925. The number of nitrogens with zero attached hydrogens (tertiary/aromatic N) is 2. The van der Waals surface area contributed by atoms with Gasteiger partial charge in [0.1, 0.15) is 11.2 Å². The van der Waals surface area contributed by atoms with Crippen LogP contribution in [0.15, 0.2) is 30.5 Å². The van der Waals surface area contributed by atoms with Gasteiger partial charge < -0.3 is 14.7 Å². The molecule has 1 fully saturated rings. The van der Waals surface area contributed by atoms with Crippen LogP contribution in [0.5, 0.6) is 0 Å². The molecule has 1 aromatic heterocycles. The van der Waals surface area contributed by atoms with Crippen molar-refractivity contribution in [2.45, 2.75) is 6.42 Å². The van der Waals surface area contributed by atoms with Gasteiger partial charge in [-0.3, -0.25) is 14.6 Å². The highest BCUT2D eigenvalue weighted by Crippen LogP contribution is 2.32. The smallest absolute Gasteiger partial charge is 0.313 e. The van der Waals surface area contributed by atoms with Crippen LogP contribution in [0.1, 0.15) is 16.8 Å². The molecule has 1 aliphatic heterocycles. The van der Waals surface area contributed by atoms with Crippen molar-refractivity contribution < 1.29 is 23.8 Å². The SMILES string of the molecule is COCC1(C(=O)O)CCN(C(=O)c2cnc3ccc(F)cc3c2)C1. The molecule has 1 aliphatic rings. The number of amides is 1. The number of methoxy groups -OCH3 is 1. The van der Waals surface area contributed by atoms with Gasteiger partial charge in [0.05, 0.1) is 17.7 Å². The summed E-state index contributed by atoms with van der Waals surface area (Å²) in [5.41, 5.74) is -0.179. The number of pyridine rings is 1. The summed E-state index contributed by atoms with van der Waals surface area (Å²) in [6.07, 6.45) is 1.76. The van der Waals surface area contributed by atoms with Crippen LogP contribution in [0.25, 0.3) is 10.9 Å². The Morgan fingerprint density at radius 2 is 2.21 bits per heavy atom. The van der Waals surface area contributed by atoms with E-state index in [2.05, 4.69) is 4.98 Å². The normalized spacial score (nSPS) is 20.5. The molecular weight excluding hydrogens is 315 g/mol. The minimum atomic E-state index is -1.08. The molecule has 0 aliphatic carbocycles. The van der Waals surface area contributed by atoms with Crippen LogP contribution in [0.4, 0.5) is 4.39 Å². The minimum absolute atomic E-state index is 0.0489. The van der Waals surface area contributed by atoms with E-state index in [1.807, 2.05) is 0 Å². The van der Waals surface area contributed by atoms with Crippen molar-refractivity contribution in [1.82, 2.24) is 9.88 Å². The van der Waals surface area contributed by atoms with E-state index >= 15 is 0 Å². The van der Waals surface area contributed by atoms with Gasteiger partial charge in [0.15, 0.2) is 0 Å². The third-order valence-electron chi connectivity index (χ3n) is 4.41. The van der Waals surface area contributed by atoms with Crippen molar-refractivity contribution in [3.05, 3.63) is 41.8 Å². The Hall–Kier alpha value is -2.54. The van der Waals surface area contributed by atoms with Crippen LogP contribution in [-0.4, -0.2) is 53.7 Å². The zero-order valence-corrected chi connectivity index (χ0v) is 13.2. The van der Waals surface area contributed by atoms with Gasteiger partial charge in [0.25, 0.3) is 5.91 Å². The first-order chi connectivity index (χ1) is 11.4. The Kier molecular flexibility index (Phi) is 4.19. The molecule has 2 aromatic rings. The lowest BCUT2D eigenvalue weighted by Crippen LogP contribution is -2.40. The molecule has 1 atom stereocenters. The van der Waals surface area contributed by atoms with Gasteiger partial charge in [-0.1, -0.05) is 0 Å². The maximum Gasteiger partial charge on any atom is 0.313 e. The first-order valence-electron chi connectivity index (χ1n) is 7.52. The van der Waals surface area contributed by atoms with Crippen LogP contribution in [0.3, 0.4) is 0 Å². The predicted octanol–water partition coefficient (Wildman–Crippen LogP) is 1.94. The van der Waals surface area contributed by atoms with Crippen molar-refractivity contribution in [3.63, 3.8) is 0 Å². The maximum atomic E-state index is 13.3. The molecular formula is C17H17FN2O4. The van der Waals surface area contributed by atoms with E-state index in [4.69, 9.17) is 4.74 Å². The van der Waals surface area contributed by atoms with E-state index in [0.29, 0.717) is 29.4 Å². The number of fused-ring (bicyclic) bond motifs is 1. The van der Waals surface area contributed by atoms with Crippen molar-refractivity contribution >= 4 is 22.8 Å². The Morgan fingerprint density at radius 1 is 1.42 bits per heavy atom. The summed E-state index contributed by atoms with van der Waals surface area (Å²) >= 11 is 0. The molecule has 1 saturated heterocycles. The van der Waals surface area contributed by atoms with Crippen LogP contribution in [-0.2, 0) is 9.53 Å². The number of rotatable bonds is 4. The maximum absolute atomic E-state index is 13.3. The average Bonchev–Trinajstić information content (AvgIpc) is 2.99. The number of hydrogen-bond donors (Lipinski definition) is 1. The molecule has 1 amide bonds. The number of hydrogen-bond acceptors (Lipinski definition) is 4. The number of ether oxygens (including phenoxy) is 1. The van der Waals surface area contributed by atoms with E-state index in [1.54, 1.807) is 12.1 Å². The third-order valence-corrected chi connectivity index (χ3v) is 4.41. The summed E-state index contributed by atoms with van der Waals surface area (Å²) in [6.45, 7) is 0.458. The standard InChI is InChI=1S/C17H17FN2O4/c1-24-10-17(16(22)23)4-5-20(9-17)15(21)12-6-11-7-13(18)2-3-14(11)19-8-12/h2-3,6-8H,4-5,9-10H2,1H3,(H,22,23). The van der Waals surface area contributed by atoms with E-state index in [1.165, 1.54) is 30.3 Å². The second-order valence-electron chi connectivity index (χ2n) is 6.06. The number of carbonyl (C=O) groups excluding carboxylic acids is 1. The lowest BCUT2D eigenvalue weighted by atomic mass is 9.88. The number of aliphatic carboxylic acids is 1. The zero-order chi connectivity index (χ0) is 17.3.